The molecule has 39 heavy (non-hydrogen) atoms. The quantitative estimate of drug-likeness (QED) is 0.109. The number of likely N-dealkylation sites (tertiary alicyclic amines) is 1. The summed E-state index contributed by atoms with van der Waals surface area (Å²) in [6.45, 7) is 7.19. The number of aliphatic hydroxyl groups is 1. The fourth-order valence-electron chi connectivity index (χ4n) is 4.57. The van der Waals surface area contributed by atoms with Gasteiger partial charge in [0, 0.05) is 25.8 Å². The van der Waals surface area contributed by atoms with E-state index in [2.05, 4.69) is 12.6 Å². The van der Waals surface area contributed by atoms with Gasteiger partial charge in [-0.2, -0.15) is 0 Å². The van der Waals surface area contributed by atoms with E-state index in [1.165, 1.54) is 4.90 Å². The van der Waals surface area contributed by atoms with Gasteiger partial charge in [-0.1, -0.05) is 54.6 Å². The molecule has 0 radical (unpaired) electrons. The van der Waals surface area contributed by atoms with Gasteiger partial charge in [0.25, 0.3) is 11.7 Å². The minimum absolute atomic E-state index is 0.0469. The number of ether oxygens (including phenoxy) is 3. The zero-order valence-electron chi connectivity index (χ0n) is 22.3. The summed E-state index contributed by atoms with van der Waals surface area (Å²) in [4.78, 5) is 27.8. The van der Waals surface area contributed by atoms with Crippen LogP contribution in [0, 0.1) is 6.92 Å². The lowest BCUT2D eigenvalue weighted by molar-refractivity contribution is -0.140. The van der Waals surface area contributed by atoms with Gasteiger partial charge in [-0.15, -0.1) is 0 Å². The number of rotatable bonds is 12. The standard InChI is InChI=1S/C32H33NO6/c1-4-18-38-26-13-9-24(10-14-26)29-28(31(35)32(36)33(29)17-6-19-37-3)30(34)25-11-15-27(16-12-25)39-21-23-8-5-7-22(2)20-23/h4-5,7-16,20,29,34H,1,6,17-19,21H2,2-3H3/t29-/m0/s1. The van der Waals surface area contributed by atoms with Crippen molar-refractivity contribution in [3.8, 4) is 11.5 Å². The highest BCUT2D eigenvalue weighted by atomic mass is 16.5. The predicted octanol–water partition coefficient (Wildman–Crippen LogP) is 5.60. The lowest BCUT2D eigenvalue weighted by Gasteiger charge is -2.25. The first-order valence-electron chi connectivity index (χ1n) is 12.8. The fourth-order valence-corrected chi connectivity index (χ4v) is 4.57. The van der Waals surface area contributed by atoms with Crippen LogP contribution in [0.3, 0.4) is 0 Å². The Balaban J connectivity index is 1.62. The third-order valence-corrected chi connectivity index (χ3v) is 6.47. The second-order valence-corrected chi connectivity index (χ2v) is 9.31. The molecule has 1 aliphatic heterocycles. The van der Waals surface area contributed by atoms with Crippen molar-refractivity contribution in [2.24, 2.45) is 0 Å². The number of nitrogens with zero attached hydrogens (tertiary/aromatic N) is 1. The van der Waals surface area contributed by atoms with Crippen LogP contribution in [0.25, 0.3) is 5.76 Å². The summed E-state index contributed by atoms with van der Waals surface area (Å²) in [5.41, 5.74) is 3.37. The average Bonchev–Trinajstić information content (AvgIpc) is 3.20. The summed E-state index contributed by atoms with van der Waals surface area (Å²) in [7, 11) is 1.59. The van der Waals surface area contributed by atoms with E-state index in [4.69, 9.17) is 14.2 Å². The van der Waals surface area contributed by atoms with Crippen LogP contribution in [-0.2, 0) is 20.9 Å². The Morgan fingerprint density at radius 3 is 2.36 bits per heavy atom. The van der Waals surface area contributed by atoms with Gasteiger partial charge in [0.15, 0.2) is 0 Å². The van der Waals surface area contributed by atoms with E-state index in [1.54, 1.807) is 61.7 Å². The van der Waals surface area contributed by atoms with Gasteiger partial charge in [-0.25, -0.2) is 0 Å². The highest BCUT2D eigenvalue weighted by Crippen LogP contribution is 2.40. The number of aliphatic hydroxyl groups excluding tert-OH is 1. The van der Waals surface area contributed by atoms with Crippen LogP contribution in [-0.4, -0.2) is 48.6 Å². The van der Waals surface area contributed by atoms with E-state index >= 15 is 0 Å². The molecule has 0 aromatic heterocycles. The third kappa shape index (κ3) is 6.56. The van der Waals surface area contributed by atoms with Crippen molar-refractivity contribution in [2.75, 3.05) is 26.9 Å². The van der Waals surface area contributed by atoms with Gasteiger partial charge in [-0.05, 0) is 60.9 Å². The van der Waals surface area contributed by atoms with Gasteiger partial charge in [0.2, 0.25) is 0 Å². The van der Waals surface area contributed by atoms with Crippen LogP contribution in [0.15, 0.2) is 91.0 Å². The lowest BCUT2D eigenvalue weighted by Crippen LogP contribution is -2.31. The summed E-state index contributed by atoms with van der Waals surface area (Å²) < 4.78 is 16.6. The number of hydrogen-bond acceptors (Lipinski definition) is 6. The number of hydrogen-bond donors (Lipinski definition) is 1. The Labute approximate surface area is 228 Å². The minimum Gasteiger partial charge on any atom is -0.507 e. The van der Waals surface area contributed by atoms with Crippen molar-refractivity contribution < 1.29 is 28.9 Å². The Morgan fingerprint density at radius 2 is 1.69 bits per heavy atom. The van der Waals surface area contributed by atoms with Crippen molar-refractivity contribution in [3.63, 3.8) is 0 Å². The molecule has 1 saturated heterocycles. The molecule has 3 aromatic carbocycles. The maximum absolute atomic E-state index is 13.2. The number of benzene rings is 3. The number of carbonyl (C=O) groups excluding carboxylic acids is 2. The van der Waals surface area contributed by atoms with Crippen LogP contribution in [0.2, 0.25) is 0 Å². The molecule has 1 atom stereocenters. The van der Waals surface area contributed by atoms with Crippen molar-refractivity contribution in [2.45, 2.75) is 26.0 Å². The van der Waals surface area contributed by atoms with Crippen molar-refractivity contribution in [3.05, 3.63) is 113 Å². The lowest BCUT2D eigenvalue weighted by atomic mass is 9.95. The van der Waals surface area contributed by atoms with E-state index in [9.17, 15) is 14.7 Å². The van der Waals surface area contributed by atoms with Crippen LogP contribution >= 0.6 is 0 Å². The van der Waals surface area contributed by atoms with Crippen LogP contribution in [0.5, 0.6) is 11.5 Å². The molecule has 1 fully saturated rings. The van der Waals surface area contributed by atoms with Crippen molar-refractivity contribution in [1.29, 1.82) is 0 Å². The Hall–Kier alpha value is -4.36. The van der Waals surface area contributed by atoms with Gasteiger partial charge in [-0.3, -0.25) is 9.59 Å². The number of amides is 1. The van der Waals surface area contributed by atoms with Gasteiger partial charge >= 0.3 is 0 Å². The van der Waals surface area contributed by atoms with Crippen LogP contribution in [0.4, 0.5) is 0 Å². The number of aryl methyl sites for hydroxylation is 1. The molecular formula is C32H33NO6. The zero-order chi connectivity index (χ0) is 27.8. The first kappa shape index (κ1) is 27.7. The van der Waals surface area contributed by atoms with E-state index in [1.807, 2.05) is 25.1 Å². The topological polar surface area (TPSA) is 85.3 Å². The predicted molar refractivity (Wildman–Crippen MR) is 150 cm³/mol. The molecule has 3 aromatic rings. The Kier molecular flexibility index (Phi) is 9.18. The summed E-state index contributed by atoms with van der Waals surface area (Å²) in [6.07, 6.45) is 2.20. The normalized spacial score (nSPS) is 16.4. The molecular weight excluding hydrogens is 494 g/mol. The monoisotopic (exact) mass is 527 g/mol. The highest BCUT2D eigenvalue weighted by molar-refractivity contribution is 6.46. The molecule has 0 saturated carbocycles. The summed E-state index contributed by atoms with van der Waals surface area (Å²) in [5, 5.41) is 11.3. The highest BCUT2D eigenvalue weighted by Gasteiger charge is 2.45. The van der Waals surface area contributed by atoms with Gasteiger partial charge in [0.1, 0.15) is 30.5 Å². The molecule has 1 heterocycles. The first-order valence-corrected chi connectivity index (χ1v) is 12.8. The fraction of sp³-hybridized carbons (Fsp3) is 0.250. The summed E-state index contributed by atoms with van der Waals surface area (Å²) >= 11 is 0. The maximum Gasteiger partial charge on any atom is 0.295 e. The second-order valence-electron chi connectivity index (χ2n) is 9.31. The number of methoxy groups -OCH3 is 1. The molecule has 1 aliphatic rings. The van der Waals surface area contributed by atoms with Gasteiger partial charge < -0.3 is 24.2 Å². The third-order valence-electron chi connectivity index (χ3n) is 6.47. The second kappa shape index (κ2) is 12.9. The molecule has 4 rings (SSSR count). The molecule has 1 N–H and O–H groups in total. The van der Waals surface area contributed by atoms with Crippen molar-refractivity contribution >= 4 is 17.4 Å². The maximum atomic E-state index is 13.2. The zero-order valence-corrected chi connectivity index (χ0v) is 22.3. The van der Waals surface area contributed by atoms with E-state index in [0.717, 1.165) is 11.1 Å². The summed E-state index contributed by atoms with van der Waals surface area (Å²) in [5.74, 6) is -0.342. The first-order chi connectivity index (χ1) is 18.9. The average molecular weight is 528 g/mol. The van der Waals surface area contributed by atoms with E-state index < -0.39 is 17.7 Å². The molecule has 0 bridgehead atoms. The number of carbonyl (C=O) groups is 2. The molecule has 0 unspecified atom stereocenters. The largest absolute Gasteiger partial charge is 0.507 e. The molecule has 0 spiro atoms. The summed E-state index contributed by atoms with van der Waals surface area (Å²) in [6, 6.07) is 21.3. The smallest absolute Gasteiger partial charge is 0.295 e. The molecule has 0 aliphatic carbocycles. The van der Waals surface area contributed by atoms with Crippen LogP contribution < -0.4 is 9.47 Å². The minimum atomic E-state index is -0.743. The molecule has 7 nitrogen and oxygen atoms in total. The molecule has 1 amide bonds. The van der Waals surface area contributed by atoms with Gasteiger partial charge in [0.05, 0.1) is 11.6 Å². The number of Topliss-reactive ketones (excluding diaryl/α,β-unsaturated/α-hetero) is 1. The number of ketones is 1. The molecule has 7 heteroatoms. The Bertz CT molecular complexity index is 1340. The van der Waals surface area contributed by atoms with Crippen LogP contribution in [0.1, 0.15) is 34.7 Å². The molecule has 202 valence electrons. The van der Waals surface area contributed by atoms with E-state index in [-0.39, 0.29) is 11.3 Å². The van der Waals surface area contributed by atoms with Crippen molar-refractivity contribution in [1.82, 2.24) is 4.90 Å². The van der Waals surface area contributed by atoms with E-state index in [0.29, 0.717) is 55.4 Å². The SMILES string of the molecule is C=CCOc1ccc([C@H]2C(=C(O)c3ccc(OCc4cccc(C)c4)cc3)C(=O)C(=O)N2CCCOC)cc1. The Morgan fingerprint density at radius 1 is 1.00 bits per heavy atom.